The molecule has 1 aliphatic heterocycles. The van der Waals surface area contributed by atoms with Crippen molar-refractivity contribution in [2.45, 2.75) is 12.5 Å². The molecule has 19 heavy (non-hydrogen) atoms. The Morgan fingerprint density at radius 2 is 2.16 bits per heavy atom. The Hall–Kier alpha value is -1.27. The molecule has 1 saturated heterocycles. The summed E-state index contributed by atoms with van der Waals surface area (Å²) < 4.78 is 27.8. The Balaban J connectivity index is 1.81. The molecule has 1 aromatic carbocycles. The van der Waals surface area contributed by atoms with Crippen LogP contribution in [0.4, 0.5) is 0 Å². The van der Waals surface area contributed by atoms with Crippen LogP contribution in [0.15, 0.2) is 24.3 Å². The second kappa shape index (κ2) is 5.79. The Morgan fingerprint density at radius 1 is 1.42 bits per heavy atom. The summed E-state index contributed by atoms with van der Waals surface area (Å²) in [5, 5.41) is 3.07. The topological polar surface area (TPSA) is 72.5 Å². The second-order valence-corrected chi connectivity index (χ2v) is 7.02. The second-order valence-electron chi connectivity index (χ2n) is 4.39. The summed E-state index contributed by atoms with van der Waals surface area (Å²) in [6, 6.07) is 6.53. The van der Waals surface area contributed by atoms with Crippen LogP contribution in [0.5, 0.6) is 5.75 Å². The van der Waals surface area contributed by atoms with E-state index in [0.29, 0.717) is 17.2 Å². The maximum Gasteiger partial charge on any atom is 0.258 e. The Labute approximate surface area is 116 Å². The average Bonchev–Trinajstić information content (AvgIpc) is 2.67. The fraction of sp³-hybridized carbons (Fsp3) is 0.417. The molecular formula is C12H14ClNO4S. The van der Waals surface area contributed by atoms with Gasteiger partial charge in [-0.25, -0.2) is 8.42 Å². The lowest BCUT2D eigenvalue weighted by Crippen LogP contribution is -2.38. The minimum Gasteiger partial charge on any atom is -0.482 e. The molecule has 0 aromatic heterocycles. The predicted octanol–water partition coefficient (Wildman–Crippen LogP) is 1.02. The molecule has 1 heterocycles. The van der Waals surface area contributed by atoms with Crippen LogP contribution in [-0.4, -0.2) is 38.5 Å². The number of benzene rings is 1. The molecule has 1 fully saturated rings. The quantitative estimate of drug-likeness (QED) is 0.901. The van der Waals surface area contributed by atoms with Crippen molar-refractivity contribution in [2.75, 3.05) is 18.1 Å². The monoisotopic (exact) mass is 303 g/mol. The molecule has 0 radical (unpaired) electrons. The van der Waals surface area contributed by atoms with Gasteiger partial charge < -0.3 is 10.1 Å². The summed E-state index contributed by atoms with van der Waals surface area (Å²) in [5.41, 5.74) is 0. The number of amides is 1. The lowest BCUT2D eigenvalue weighted by molar-refractivity contribution is -0.123. The van der Waals surface area contributed by atoms with Crippen LogP contribution in [0.3, 0.4) is 0 Å². The number of nitrogens with one attached hydrogen (secondary N) is 1. The number of para-hydroxylation sites is 1. The van der Waals surface area contributed by atoms with Crippen LogP contribution in [0.25, 0.3) is 0 Å². The first-order valence-corrected chi connectivity index (χ1v) is 8.03. The maximum atomic E-state index is 11.6. The van der Waals surface area contributed by atoms with E-state index in [0.717, 1.165) is 0 Å². The largest absolute Gasteiger partial charge is 0.482 e. The highest BCUT2D eigenvalue weighted by molar-refractivity contribution is 7.91. The van der Waals surface area contributed by atoms with Crippen molar-refractivity contribution in [3.05, 3.63) is 29.3 Å². The first-order chi connectivity index (χ1) is 8.96. The van der Waals surface area contributed by atoms with Gasteiger partial charge in [0.2, 0.25) is 0 Å². The molecule has 0 aliphatic carbocycles. The summed E-state index contributed by atoms with van der Waals surface area (Å²) in [5.74, 6) is 0.217. The van der Waals surface area contributed by atoms with Crippen LogP contribution >= 0.6 is 11.6 Å². The zero-order chi connectivity index (χ0) is 13.9. The first-order valence-electron chi connectivity index (χ1n) is 5.83. The Bertz CT molecular complexity index is 573. The molecule has 1 N–H and O–H groups in total. The molecule has 0 spiro atoms. The summed E-state index contributed by atoms with van der Waals surface area (Å²) in [7, 11) is -2.99. The fourth-order valence-corrected chi connectivity index (χ4v) is 3.75. The van der Waals surface area contributed by atoms with E-state index in [-0.39, 0.29) is 30.1 Å². The van der Waals surface area contributed by atoms with E-state index in [1.165, 1.54) is 0 Å². The van der Waals surface area contributed by atoms with Crippen molar-refractivity contribution in [1.82, 2.24) is 5.32 Å². The molecule has 1 atom stereocenters. The number of hydrogen-bond acceptors (Lipinski definition) is 4. The zero-order valence-corrected chi connectivity index (χ0v) is 11.7. The summed E-state index contributed by atoms with van der Waals surface area (Å²) in [6.45, 7) is -0.180. The smallest absolute Gasteiger partial charge is 0.258 e. The van der Waals surface area contributed by atoms with Gasteiger partial charge in [-0.15, -0.1) is 0 Å². The number of hydrogen-bond donors (Lipinski definition) is 1. The van der Waals surface area contributed by atoms with E-state index in [9.17, 15) is 13.2 Å². The third-order valence-corrected chi connectivity index (χ3v) is 4.87. The van der Waals surface area contributed by atoms with Crippen molar-refractivity contribution in [3.63, 3.8) is 0 Å². The summed E-state index contributed by atoms with van der Waals surface area (Å²) in [6.07, 6.45) is 0.458. The molecule has 1 amide bonds. The number of halogens is 1. The van der Waals surface area contributed by atoms with Crippen LogP contribution in [0.2, 0.25) is 5.02 Å². The van der Waals surface area contributed by atoms with Crippen LogP contribution in [0.1, 0.15) is 6.42 Å². The van der Waals surface area contributed by atoms with E-state index in [1.54, 1.807) is 24.3 Å². The molecule has 104 valence electrons. The van der Waals surface area contributed by atoms with Crippen molar-refractivity contribution in [3.8, 4) is 5.75 Å². The standard InChI is InChI=1S/C12H14ClNO4S/c13-10-3-1-2-4-11(10)18-7-12(15)14-9-5-6-19(16,17)8-9/h1-4,9H,5-8H2,(H,14,15). The minimum absolute atomic E-state index is 0.00479. The first kappa shape index (κ1) is 14.1. The average molecular weight is 304 g/mol. The van der Waals surface area contributed by atoms with Gasteiger partial charge in [-0.05, 0) is 18.6 Å². The number of sulfone groups is 1. The summed E-state index contributed by atoms with van der Waals surface area (Å²) >= 11 is 5.88. The van der Waals surface area contributed by atoms with Gasteiger partial charge in [-0.1, -0.05) is 23.7 Å². The van der Waals surface area contributed by atoms with E-state index in [2.05, 4.69) is 5.32 Å². The molecule has 0 saturated carbocycles. The third-order valence-electron chi connectivity index (χ3n) is 2.79. The third kappa shape index (κ3) is 4.11. The van der Waals surface area contributed by atoms with Crippen molar-refractivity contribution in [2.24, 2.45) is 0 Å². The highest BCUT2D eigenvalue weighted by Crippen LogP contribution is 2.22. The van der Waals surface area contributed by atoms with Gasteiger partial charge in [0, 0.05) is 6.04 Å². The Kier molecular flexibility index (Phi) is 4.31. The highest BCUT2D eigenvalue weighted by atomic mass is 35.5. The van der Waals surface area contributed by atoms with Crippen LogP contribution in [0, 0.1) is 0 Å². The van der Waals surface area contributed by atoms with Gasteiger partial charge in [0.05, 0.1) is 16.5 Å². The van der Waals surface area contributed by atoms with Gasteiger partial charge in [0.25, 0.3) is 5.91 Å². The molecule has 7 heteroatoms. The fourth-order valence-electron chi connectivity index (χ4n) is 1.88. The van der Waals surface area contributed by atoms with Crippen molar-refractivity contribution < 1.29 is 17.9 Å². The normalized spacial score (nSPS) is 21.0. The van der Waals surface area contributed by atoms with Gasteiger partial charge in [-0.3, -0.25) is 4.79 Å². The maximum absolute atomic E-state index is 11.6. The zero-order valence-electron chi connectivity index (χ0n) is 10.1. The van der Waals surface area contributed by atoms with E-state index < -0.39 is 9.84 Å². The highest BCUT2D eigenvalue weighted by Gasteiger charge is 2.28. The van der Waals surface area contributed by atoms with Gasteiger partial charge in [-0.2, -0.15) is 0 Å². The molecule has 5 nitrogen and oxygen atoms in total. The number of carbonyl (C=O) groups excluding carboxylic acids is 1. The van der Waals surface area contributed by atoms with Crippen molar-refractivity contribution >= 4 is 27.3 Å². The van der Waals surface area contributed by atoms with Gasteiger partial charge in [0.1, 0.15) is 5.75 Å². The van der Waals surface area contributed by atoms with E-state index in [1.807, 2.05) is 0 Å². The molecular weight excluding hydrogens is 290 g/mol. The SMILES string of the molecule is O=C(COc1ccccc1Cl)NC1CCS(=O)(=O)C1. The van der Waals surface area contributed by atoms with Gasteiger partial charge >= 0.3 is 0 Å². The molecule has 1 aliphatic rings. The number of rotatable bonds is 4. The Morgan fingerprint density at radius 3 is 2.79 bits per heavy atom. The van der Waals surface area contributed by atoms with Crippen molar-refractivity contribution in [1.29, 1.82) is 0 Å². The molecule has 1 aromatic rings. The lowest BCUT2D eigenvalue weighted by atomic mass is 10.2. The number of carbonyl (C=O) groups is 1. The van der Waals surface area contributed by atoms with Crippen LogP contribution < -0.4 is 10.1 Å². The molecule has 0 bridgehead atoms. The van der Waals surface area contributed by atoms with Crippen LogP contribution in [-0.2, 0) is 14.6 Å². The molecule has 2 rings (SSSR count). The minimum atomic E-state index is -2.99. The predicted molar refractivity (Wildman–Crippen MR) is 72.1 cm³/mol. The van der Waals surface area contributed by atoms with E-state index >= 15 is 0 Å². The number of ether oxygens (including phenoxy) is 1. The van der Waals surface area contributed by atoms with E-state index in [4.69, 9.17) is 16.3 Å². The van der Waals surface area contributed by atoms with Gasteiger partial charge in [0.15, 0.2) is 16.4 Å². The molecule has 1 unspecified atom stereocenters. The lowest BCUT2D eigenvalue weighted by Gasteiger charge is -2.12. The summed E-state index contributed by atoms with van der Waals surface area (Å²) in [4.78, 5) is 11.6.